The van der Waals surface area contributed by atoms with Gasteiger partial charge in [-0.3, -0.25) is 0 Å². The van der Waals surface area contributed by atoms with Crippen molar-refractivity contribution in [3.63, 3.8) is 0 Å². The predicted molar refractivity (Wildman–Crippen MR) is 81.7 cm³/mol. The molecular weight excluding hydrogens is 278 g/mol. The van der Waals surface area contributed by atoms with Crippen LogP contribution in [0.5, 0.6) is 11.5 Å². The fourth-order valence-corrected chi connectivity index (χ4v) is 2.97. The van der Waals surface area contributed by atoms with Crippen LogP contribution < -0.4 is 15.2 Å². The molecule has 0 amide bonds. The zero-order valence-electron chi connectivity index (χ0n) is 12.0. The average molecular weight is 302 g/mol. The molecule has 1 aliphatic carbocycles. The van der Waals surface area contributed by atoms with Gasteiger partial charge < -0.3 is 20.3 Å². The van der Waals surface area contributed by atoms with Crippen LogP contribution >= 0.6 is 12.4 Å². The molecular formula is C15H24ClNO3. The highest BCUT2D eigenvalue weighted by Crippen LogP contribution is 2.39. The lowest BCUT2D eigenvalue weighted by atomic mass is 9.90. The molecule has 2 atom stereocenters. The van der Waals surface area contributed by atoms with E-state index in [0.717, 1.165) is 18.4 Å². The third kappa shape index (κ3) is 3.37. The van der Waals surface area contributed by atoms with Crippen molar-refractivity contribution in [2.75, 3.05) is 14.2 Å². The van der Waals surface area contributed by atoms with Crippen molar-refractivity contribution in [3.05, 3.63) is 23.8 Å². The van der Waals surface area contributed by atoms with Crippen LogP contribution in [0.3, 0.4) is 0 Å². The van der Waals surface area contributed by atoms with Crippen LogP contribution in [0.25, 0.3) is 0 Å². The number of nitrogens with two attached hydrogens (primary N) is 1. The lowest BCUT2D eigenvalue weighted by Gasteiger charge is -2.27. The summed E-state index contributed by atoms with van der Waals surface area (Å²) in [5, 5.41) is 10.5. The Labute approximate surface area is 126 Å². The molecule has 0 spiro atoms. The summed E-state index contributed by atoms with van der Waals surface area (Å²) in [6.07, 6.45) is 3.90. The van der Waals surface area contributed by atoms with Crippen molar-refractivity contribution in [1.82, 2.24) is 0 Å². The van der Waals surface area contributed by atoms with Gasteiger partial charge in [-0.25, -0.2) is 0 Å². The van der Waals surface area contributed by atoms with Crippen molar-refractivity contribution < 1.29 is 14.6 Å². The molecule has 114 valence electrons. The van der Waals surface area contributed by atoms with Gasteiger partial charge in [0.15, 0.2) is 0 Å². The molecule has 1 aromatic rings. The first-order chi connectivity index (χ1) is 9.19. The minimum absolute atomic E-state index is 0. The highest BCUT2D eigenvalue weighted by molar-refractivity contribution is 5.85. The first kappa shape index (κ1) is 17.1. The lowest BCUT2D eigenvalue weighted by Crippen LogP contribution is -2.32. The van der Waals surface area contributed by atoms with Gasteiger partial charge in [0, 0.05) is 0 Å². The van der Waals surface area contributed by atoms with Crippen LogP contribution in [-0.2, 0) is 0 Å². The minimum Gasteiger partial charge on any atom is -0.496 e. The van der Waals surface area contributed by atoms with Gasteiger partial charge in [0.05, 0.1) is 31.9 Å². The van der Waals surface area contributed by atoms with Gasteiger partial charge in [0.1, 0.15) is 11.5 Å². The van der Waals surface area contributed by atoms with Crippen molar-refractivity contribution in [1.29, 1.82) is 0 Å². The second kappa shape index (κ2) is 7.72. The SMILES string of the molecule is COc1cccc(OC)c1[C@H](N)[C@H](O)C1CCCC1.Cl. The van der Waals surface area contributed by atoms with Gasteiger partial charge in [0.2, 0.25) is 0 Å². The van der Waals surface area contributed by atoms with Crippen molar-refractivity contribution >= 4 is 12.4 Å². The van der Waals surface area contributed by atoms with E-state index in [1.54, 1.807) is 14.2 Å². The first-order valence-corrected chi connectivity index (χ1v) is 6.83. The van der Waals surface area contributed by atoms with E-state index < -0.39 is 12.1 Å². The number of halogens is 1. The van der Waals surface area contributed by atoms with E-state index in [0.29, 0.717) is 11.5 Å². The highest BCUT2D eigenvalue weighted by atomic mass is 35.5. The number of aliphatic hydroxyl groups is 1. The molecule has 4 nitrogen and oxygen atoms in total. The van der Waals surface area contributed by atoms with E-state index in [-0.39, 0.29) is 18.3 Å². The van der Waals surface area contributed by atoms with E-state index in [9.17, 15) is 5.11 Å². The summed E-state index contributed by atoms with van der Waals surface area (Å²) in [6.45, 7) is 0. The largest absolute Gasteiger partial charge is 0.496 e. The van der Waals surface area contributed by atoms with Gasteiger partial charge >= 0.3 is 0 Å². The molecule has 0 unspecified atom stereocenters. The molecule has 1 saturated carbocycles. The normalized spacial score (nSPS) is 18.2. The summed E-state index contributed by atoms with van der Waals surface area (Å²) in [5.74, 6) is 1.62. The summed E-state index contributed by atoms with van der Waals surface area (Å²) in [6, 6.07) is 5.07. The van der Waals surface area contributed by atoms with Crippen LogP contribution in [0.1, 0.15) is 37.3 Å². The van der Waals surface area contributed by atoms with E-state index in [4.69, 9.17) is 15.2 Å². The Kier molecular flexibility index (Phi) is 6.59. The summed E-state index contributed by atoms with van der Waals surface area (Å²) in [5.41, 5.74) is 7.02. The average Bonchev–Trinajstić information content (AvgIpc) is 2.98. The Morgan fingerprint density at radius 1 is 1.15 bits per heavy atom. The smallest absolute Gasteiger partial charge is 0.127 e. The molecule has 3 N–H and O–H groups in total. The second-order valence-electron chi connectivity index (χ2n) is 5.14. The number of methoxy groups -OCH3 is 2. The quantitative estimate of drug-likeness (QED) is 0.877. The standard InChI is InChI=1S/C15H23NO3.ClH/c1-18-11-8-5-9-12(19-2)13(11)14(16)15(17)10-6-3-4-7-10;/h5,8-10,14-15,17H,3-4,6-7,16H2,1-2H3;1H/t14-,15+;/m0./s1. The van der Waals surface area contributed by atoms with Crippen molar-refractivity contribution in [2.24, 2.45) is 11.7 Å². The molecule has 0 bridgehead atoms. The first-order valence-electron chi connectivity index (χ1n) is 6.83. The Morgan fingerprint density at radius 2 is 1.65 bits per heavy atom. The zero-order valence-corrected chi connectivity index (χ0v) is 12.9. The third-order valence-corrected chi connectivity index (χ3v) is 4.05. The molecule has 1 fully saturated rings. The third-order valence-electron chi connectivity index (χ3n) is 4.05. The number of aliphatic hydroxyl groups excluding tert-OH is 1. The maximum absolute atomic E-state index is 10.5. The molecule has 0 saturated heterocycles. The summed E-state index contributed by atoms with van der Waals surface area (Å²) in [7, 11) is 3.21. The molecule has 1 aliphatic rings. The Morgan fingerprint density at radius 3 is 2.10 bits per heavy atom. The van der Waals surface area contributed by atoms with E-state index in [1.165, 1.54) is 12.8 Å². The molecule has 0 aliphatic heterocycles. The summed E-state index contributed by atoms with van der Waals surface area (Å²) < 4.78 is 10.7. The predicted octanol–water partition coefficient (Wildman–Crippen LogP) is 2.68. The van der Waals surface area contributed by atoms with Gasteiger partial charge in [-0.05, 0) is 30.9 Å². The lowest BCUT2D eigenvalue weighted by molar-refractivity contribution is 0.0826. The Bertz CT molecular complexity index is 399. The molecule has 1 aromatic carbocycles. The molecule has 2 rings (SSSR count). The van der Waals surface area contributed by atoms with Crippen molar-refractivity contribution in [2.45, 2.75) is 37.8 Å². The van der Waals surface area contributed by atoms with Crippen LogP contribution in [0.4, 0.5) is 0 Å². The van der Waals surface area contributed by atoms with Gasteiger partial charge in [-0.15, -0.1) is 12.4 Å². The van der Waals surface area contributed by atoms with E-state index in [1.807, 2.05) is 18.2 Å². The number of hydrogen-bond acceptors (Lipinski definition) is 4. The highest BCUT2D eigenvalue weighted by Gasteiger charge is 2.31. The fraction of sp³-hybridized carbons (Fsp3) is 0.600. The number of benzene rings is 1. The van der Waals surface area contributed by atoms with Crippen LogP contribution in [0, 0.1) is 5.92 Å². The summed E-state index contributed by atoms with van der Waals surface area (Å²) in [4.78, 5) is 0. The van der Waals surface area contributed by atoms with Crippen LogP contribution in [-0.4, -0.2) is 25.4 Å². The van der Waals surface area contributed by atoms with Gasteiger partial charge in [0.25, 0.3) is 0 Å². The second-order valence-corrected chi connectivity index (χ2v) is 5.14. The fourth-order valence-electron chi connectivity index (χ4n) is 2.97. The monoisotopic (exact) mass is 301 g/mol. The maximum Gasteiger partial charge on any atom is 0.127 e. The molecule has 0 radical (unpaired) electrons. The van der Waals surface area contributed by atoms with Crippen LogP contribution in [0.2, 0.25) is 0 Å². The topological polar surface area (TPSA) is 64.7 Å². The molecule has 20 heavy (non-hydrogen) atoms. The number of hydrogen-bond donors (Lipinski definition) is 2. The molecule has 0 aromatic heterocycles. The molecule has 5 heteroatoms. The summed E-state index contributed by atoms with van der Waals surface area (Å²) >= 11 is 0. The van der Waals surface area contributed by atoms with Crippen LogP contribution in [0.15, 0.2) is 18.2 Å². The Balaban J connectivity index is 0.00000200. The van der Waals surface area contributed by atoms with Gasteiger partial charge in [-0.2, -0.15) is 0 Å². The number of rotatable bonds is 5. The van der Waals surface area contributed by atoms with Gasteiger partial charge in [-0.1, -0.05) is 18.9 Å². The Hall–Kier alpha value is -0.970. The zero-order chi connectivity index (χ0) is 13.8. The molecule has 0 heterocycles. The minimum atomic E-state index is -0.548. The van der Waals surface area contributed by atoms with E-state index >= 15 is 0 Å². The maximum atomic E-state index is 10.5. The van der Waals surface area contributed by atoms with Crippen molar-refractivity contribution in [3.8, 4) is 11.5 Å². The van der Waals surface area contributed by atoms with E-state index in [2.05, 4.69) is 0 Å². The number of ether oxygens (including phenoxy) is 2.